The number of rotatable bonds is 5. The van der Waals surface area contributed by atoms with Gasteiger partial charge in [-0.2, -0.15) is 0 Å². The van der Waals surface area contributed by atoms with Crippen molar-refractivity contribution in [2.45, 2.75) is 26.4 Å². The fourth-order valence-corrected chi connectivity index (χ4v) is 2.02. The molecule has 2 rings (SSSR count). The van der Waals surface area contributed by atoms with Crippen LogP contribution in [0.15, 0.2) is 60.7 Å². The minimum atomic E-state index is -0.477. The standard InChI is InChI=1S/C20H24N2O2/c1-20(2,3)24-19(23)21-15-7-8-16-11-13-18(14-12-16)22-17-9-5-4-6-10-17/h4-14,22H,15H2,1-3H3,(H,21,23). The topological polar surface area (TPSA) is 50.4 Å². The number of hydrogen-bond donors (Lipinski definition) is 2. The van der Waals surface area contributed by atoms with Gasteiger partial charge in [-0.1, -0.05) is 42.5 Å². The molecular weight excluding hydrogens is 300 g/mol. The first kappa shape index (κ1) is 17.6. The molecule has 24 heavy (non-hydrogen) atoms. The Bertz CT molecular complexity index is 671. The molecule has 0 fully saturated rings. The van der Waals surface area contributed by atoms with Crippen molar-refractivity contribution in [3.8, 4) is 0 Å². The first-order chi connectivity index (χ1) is 11.4. The quantitative estimate of drug-likeness (QED) is 0.816. The van der Waals surface area contributed by atoms with E-state index in [4.69, 9.17) is 4.74 Å². The minimum absolute atomic E-state index is 0.408. The lowest BCUT2D eigenvalue weighted by molar-refractivity contribution is 0.0534. The van der Waals surface area contributed by atoms with Crippen LogP contribution < -0.4 is 10.6 Å². The van der Waals surface area contributed by atoms with Gasteiger partial charge in [-0.3, -0.25) is 0 Å². The Morgan fingerprint density at radius 2 is 1.62 bits per heavy atom. The Morgan fingerprint density at radius 3 is 2.25 bits per heavy atom. The molecule has 4 nitrogen and oxygen atoms in total. The van der Waals surface area contributed by atoms with Gasteiger partial charge in [0.2, 0.25) is 0 Å². The van der Waals surface area contributed by atoms with Crippen LogP contribution in [0.4, 0.5) is 16.2 Å². The summed E-state index contributed by atoms with van der Waals surface area (Å²) in [6.45, 7) is 5.95. The summed E-state index contributed by atoms with van der Waals surface area (Å²) in [6, 6.07) is 18.1. The second-order valence-corrected chi connectivity index (χ2v) is 6.40. The van der Waals surface area contributed by atoms with Gasteiger partial charge >= 0.3 is 6.09 Å². The van der Waals surface area contributed by atoms with Crippen molar-refractivity contribution in [3.05, 3.63) is 66.2 Å². The smallest absolute Gasteiger partial charge is 0.407 e. The van der Waals surface area contributed by atoms with Crippen LogP contribution in [-0.2, 0) is 4.74 Å². The molecule has 0 saturated carbocycles. The maximum Gasteiger partial charge on any atom is 0.407 e. The zero-order valence-corrected chi connectivity index (χ0v) is 14.4. The van der Waals surface area contributed by atoms with Crippen molar-refractivity contribution in [2.24, 2.45) is 0 Å². The number of para-hydroxylation sites is 1. The van der Waals surface area contributed by atoms with Gasteiger partial charge in [-0.25, -0.2) is 4.79 Å². The first-order valence-electron chi connectivity index (χ1n) is 7.98. The molecule has 126 valence electrons. The number of hydrogen-bond acceptors (Lipinski definition) is 3. The summed E-state index contributed by atoms with van der Waals surface area (Å²) in [6.07, 6.45) is 3.45. The van der Waals surface area contributed by atoms with E-state index < -0.39 is 11.7 Å². The molecule has 0 aliphatic rings. The SMILES string of the molecule is CC(C)(C)OC(=O)NCC=Cc1ccc(Nc2ccccc2)cc1. The van der Waals surface area contributed by atoms with E-state index in [-0.39, 0.29) is 0 Å². The van der Waals surface area contributed by atoms with Crippen LogP contribution in [0.1, 0.15) is 26.3 Å². The van der Waals surface area contributed by atoms with Crippen molar-refractivity contribution < 1.29 is 9.53 Å². The summed E-state index contributed by atoms with van der Waals surface area (Å²) in [4.78, 5) is 11.5. The van der Waals surface area contributed by atoms with Crippen LogP contribution >= 0.6 is 0 Å². The van der Waals surface area contributed by atoms with Crippen molar-refractivity contribution in [1.29, 1.82) is 0 Å². The molecule has 0 bridgehead atoms. The maximum atomic E-state index is 11.5. The van der Waals surface area contributed by atoms with Crippen LogP contribution in [-0.4, -0.2) is 18.2 Å². The summed E-state index contributed by atoms with van der Waals surface area (Å²) in [5.41, 5.74) is 2.68. The highest BCUT2D eigenvalue weighted by molar-refractivity contribution is 5.68. The van der Waals surface area contributed by atoms with Gasteiger partial charge in [-0.05, 0) is 50.6 Å². The minimum Gasteiger partial charge on any atom is -0.444 e. The molecule has 0 radical (unpaired) electrons. The molecule has 1 amide bonds. The molecule has 2 aromatic carbocycles. The molecular formula is C20H24N2O2. The molecule has 2 N–H and O–H groups in total. The van der Waals surface area contributed by atoms with Gasteiger partial charge in [0.15, 0.2) is 0 Å². The van der Waals surface area contributed by atoms with Crippen molar-refractivity contribution in [3.63, 3.8) is 0 Å². The van der Waals surface area contributed by atoms with Crippen molar-refractivity contribution >= 4 is 23.5 Å². The van der Waals surface area contributed by atoms with E-state index >= 15 is 0 Å². The Hall–Kier alpha value is -2.75. The Labute approximate surface area is 143 Å². The molecule has 2 aromatic rings. The lowest BCUT2D eigenvalue weighted by Gasteiger charge is -2.19. The van der Waals surface area contributed by atoms with Crippen molar-refractivity contribution in [1.82, 2.24) is 5.32 Å². The Balaban J connectivity index is 1.80. The van der Waals surface area contributed by atoms with Crippen LogP contribution in [0.3, 0.4) is 0 Å². The third-order valence-electron chi connectivity index (χ3n) is 3.05. The lowest BCUT2D eigenvalue weighted by atomic mass is 10.2. The predicted molar refractivity (Wildman–Crippen MR) is 99.4 cm³/mol. The third kappa shape index (κ3) is 6.57. The molecule has 0 aromatic heterocycles. The first-order valence-corrected chi connectivity index (χ1v) is 7.98. The Kier molecular flexibility index (Phi) is 6.01. The predicted octanol–water partition coefficient (Wildman–Crippen LogP) is 4.97. The summed E-state index contributed by atoms with van der Waals surface area (Å²) in [5, 5.41) is 6.03. The second-order valence-electron chi connectivity index (χ2n) is 6.40. The maximum absolute atomic E-state index is 11.5. The second kappa shape index (κ2) is 8.20. The number of benzene rings is 2. The van der Waals surface area contributed by atoms with Crippen LogP contribution in [0.5, 0.6) is 0 Å². The molecule has 0 spiro atoms. The van der Waals surface area contributed by atoms with Crippen molar-refractivity contribution in [2.75, 3.05) is 11.9 Å². The number of nitrogens with one attached hydrogen (secondary N) is 2. The molecule has 0 aliphatic carbocycles. The number of carbonyl (C=O) groups excluding carboxylic acids is 1. The number of anilines is 2. The van der Waals surface area contributed by atoms with Gasteiger partial charge in [-0.15, -0.1) is 0 Å². The fourth-order valence-electron chi connectivity index (χ4n) is 2.02. The van der Waals surface area contributed by atoms with E-state index in [1.54, 1.807) is 0 Å². The summed E-state index contributed by atoms with van der Waals surface area (Å²) >= 11 is 0. The van der Waals surface area contributed by atoms with Crippen LogP contribution in [0.25, 0.3) is 6.08 Å². The van der Waals surface area contributed by atoms with Crippen LogP contribution in [0.2, 0.25) is 0 Å². The molecule has 0 heterocycles. The highest BCUT2D eigenvalue weighted by Gasteiger charge is 2.14. The number of amides is 1. The van der Waals surface area contributed by atoms with Crippen LogP contribution in [0, 0.1) is 0 Å². The van der Waals surface area contributed by atoms with E-state index in [9.17, 15) is 4.79 Å². The summed E-state index contributed by atoms with van der Waals surface area (Å²) in [5.74, 6) is 0. The highest BCUT2D eigenvalue weighted by atomic mass is 16.6. The molecule has 4 heteroatoms. The van der Waals surface area contributed by atoms with E-state index in [1.807, 2.05) is 87.5 Å². The summed E-state index contributed by atoms with van der Waals surface area (Å²) in [7, 11) is 0. The fraction of sp³-hybridized carbons (Fsp3) is 0.250. The van der Waals surface area contributed by atoms with E-state index in [1.165, 1.54) is 0 Å². The van der Waals surface area contributed by atoms with Gasteiger partial charge in [0, 0.05) is 17.9 Å². The van der Waals surface area contributed by atoms with Gasteiger partial charge in [0.05, 0.1) is 0 Å². The number of alkyl carbamates (subject to hydrolysis) is 1. The molecule has 0 saturated heterocycles. The third-order valence-corrected chi connectivity index (χ3v) is 3.05. The van der Waals surface area contributed by atoms with E-state index in [0.29, 0.717) is 6.54 Å². The zero-order chi connectivity index (χ0) is 17.4. The molecule has 0 aliphatic heterocycles. The molecule has 0 atom stereocenters. The summed E-state index contributed by atoms with van der Waals surface area (Å²) < 4.78 is 5.17. The average molecular weight is 324 g/mol. The Morgan fingerprint density at radius 1 is 1.00 bits per heavy atom. The monoisotopic (exact) mass is 324 g/mol. The van der Waals surface area contributed by atoms with Gasteiger partial charge in [0.1, 0.15) is 5.60 Å². The number of carbonyl (C=O) groups is 1. The normalized spacial score (nSPS) is 11.3. The van der Waals surface area contributed by atoms with Gasteiger partial charge in [0.25, 0.3) is 0 Å². The largest absolute Gasteiger partial charge is 0.444 e. The lowest BCUT2D eigenvalue weighted by Crippen LogP contribution is -2.32. The van der Waals surface area contributed by atoms with E-state index in [0.717, 1.165) is 16.9 Å². The van der Waals surface area contributed by atoms with Gasteiger partial charge < -0.3 is 15.4 Å². The zero-order valence-electron chi connectivity index (χ0n) is 14.4. The van der Waals surface area contributed by atoms with E-state index in [2.05, 4.69) is 10.6 Å². The molecule has 0 unspecified atom stereocenters. The number of ether oxygens (including phenoxy) is 1. The highest BCUT2D eigenvalue weighted by Crippen LogP contribution is 2.17. The average Bonchev–Trinajstić information content (AvgIpc) is 2.52.